The van der Waals surface area contributed by atoms with Crippen molar-refractivity contribution in [2.75, 3.05) is 0 Å². The first-order valence-corrected chi connectivity index (χ1v) is 17.8. The highest BCUT2D eigenvalue weighted by Crippen LogP contribution is 2.69. The van der Waals surface area contributed by atoms with Crippen molar-refractivity contribution in [3.8, 4) is 0 Å². The zero-order chi connectivity index (χ0) is 27.4. The van der Waals surface area contributed by atoms with Crippen molar-refractivity contribution in [3.05, 3.63) is 32.4 Å². The van der Waals surface area contributed by atoms with E-state index in [2.05, 4.69) is 104 Å². The van der Waals surface area contributed by atoms with E-state index in [4.69, 9.17) is 0 Å². The molecule has 0 amide bonds. The molecule has 1 aliphatic heterocycles. The number of thioether (sulfide) groups is 1. The Morgan fingerprint density at radius 1 is 0.811 bits per heavy atom. The Kier molecular flexibility index (Phi) is 11.0. The zero-order valence-corrected chi connectivity index (χ0v) is 27.9. The van der Waals surface area contributed by atoms with Crippen molar-refractivity contribution in [3.63, 3.8) is 0 Å². The van der Waals surface area contributed by atoms with Gasteiger partial charge in [0.15, 0.2) is 0 Å². The number of rotatable bonds is 16. The van der Waals surface area contributed by atoms with Gasteiger partial charge < -0.3 is 0 Å². The lowest BCUT2D eigenvalue weighted by Crippen LogP contribution is -2.36. The normalized spacial score (nSPS) is 25.2. The van der Waals surface area contributed by atoms with Crippen LogP contribution in [0.15, 0.2) is 17.0 Å². The van der Waals surface area contributed by atoms with Crippen LogP contribution in [0.2, 0.25) is 0 Å². The maximum Gasteiger partial charge on any atom is 0.0509 e. The van der Waals surface area contributed by atoms with E-state index in [-0.39, 0.29) is 5.41 Å². The van der Waals surface area contributed by atoms with E-state index in [1.54, 1.807) is 20.2 Å². The molecular formula is C35H60S2. The van der Waals surface area contributed by atoms with Crippen molar-refractivity contribution < 1.29 is 0 Å². The standard InChI is InChI=1S/C35H60S2/c1-11-17-19-25(13-3)23-35(24-26(14-4)20-18-12-2)27-21-29(33(7,8)15-5)36-31(27)32-28(35)22-30(37-32)34(9,10)16-6/h21-22,25-27,31H,11-20,23-24H2,1-10H3. The third-order valence-corrected chi connectivity index (χ3v) is 14.1. The fourth-order valence-electron chi connectivity index (χ4n) is 6.91. The highest BCUT2D eigenvalue weighted by molar-refractivity contribution is 8.03. The van der Waals surface area contributed by atoms with Crippen LogP contribution in [0.25, 0.3) is 0 Å². The van der Waals surface area contributed by atoms with E-state index in [0.717, 1.165) is 11.8 Å². The lowest BCUT2D eigenvalue weighted by molar-refractivity contribution is 0.190. The van der Waals surface area contributed by atoms with Crippen molar-refractivity contribution in [2.24, 2.45) is 23.2 Å². The first-order chi connectivity index (χ1) is 17.5. The van der Waals surface area contributed by atoms with Gasteiger partial charge in [0.05, 0.1) is 5.25 Å². The maximum absolute atomic E-state index is 2.83. The third kappa shape index (κ3) is 6.42. The Hall–Kier alpha value is -0.210. The van der Waals surface area contributed by atoms with Gasteiger partial charge in [0, 0.05) is 21.1 Å². The molecule has 0 saturated heterocycles. The second kappa shape index (κ2) is 13.0. The molecule has 0 fully saturated rings. The fraction of sp³-hybridized carbons (Fsp3) is 0.829. The molecule has 0 radical (unpaired) electrons. The Morgan fingerprint density at radius 2 is 1.35 bits per heavy atom. The molecule has 1 aliphatic carbocycles. The molecule has 0 nitrogen and oxygen atoms in total. The largest absolute Gasteiger partial charge is 0.143 e. The first-order valence-electron chi connectivity index (χ1n) is 16.1. The van der Waals surface area contributed by atoms with Crippen LogP contribution in [-0.2, 0) is 10.8 Å². The number of fused-ring (bicyclic) bond motifs is 3. The predicted octanol–water partition coefficient (Wildman–Crippen LogP) is 12.6. The molecule has 0 aromatic carbocycles. The molecule has 0 saturated carbocycles. The summed E-state index contributed by atoms with van der Waals surface area (Å²) in [6.07, 6.45) is 19.0. The Labute approximate surface area is 240 Å². The van der Waals surface area contributed by atoms with E-state index in [1.165, 1.54) is 77.0 Å². The number of hydrogen-bond donors (Lipinski definition) is 0. The van der Waals surface area contributed by atoms with Gasteiger partial charge in [-0.1, -0.05) is 127 Å². The van der Waals surface area contributed by atoms with Crippen LogP contribution in [0.3, 0.4) is 0 Å². The molecule has 0 spiro atoms. The van der Waals surface area contributed by atoms with Gasteiger partial charge in [0.1, 0.15) is 0 Å². The third-order valence-electron chi connectivity index (χ3n) is 10.6. The van der Waals surface area contributed by atoms with Crippen molar-refractivity contribution >= 4 is 23.1 Å². The van der Waals surface area contributed by atoms with Crippen LogP contribution < -0.4 is 0 Å². The average molecular weight is 545 g/mol. The van der Waals surface area contributed by atoms with E-state index >= 15 is 0 Å². The van der Waals surface area contributed by atoms with Crippen molar-refractivity contribution in [2.45, 2.75) is 162 Å². The molecule has 2 aliphatic rings. The summed E-state index contributed by atoms with van der Waals surface area (Å²) < 4.78 is 0. The summed E-state index contributed by atoms with van der Waals surface area (Å²) in [5.41, 5.74) is 2.69. The lowest BCUT2D eigenvalue weighted by atomic mass is 9.62. The van der Waals surface area contributed by atoms with Crippen LogP contribution in [0.1, 0.15) is 167 Å². The molecule has 2 heterocycles. The second-order valence-corrected chi connectivity index (χ2v) is 16.1. The minimum absolute atomic E-state index is 0.275. The van der Waals surface area contributed by atoms with Crippen LogP contribution in [0.4, 0.5) is 0 Å². The summed E-state index contributed by atoms with van der Waals surface area (Å²) in [7, 11) is 0. The van der Waals surface area contributed by atoms with Gasteiger partial charge in [-0.2, -0.15) is 0 Å². The highest BCUT2D eigenvalue weighted by atomic mass is 32.2. The second-order valence-electron chi connectivity index (χ2n) is 13.9. The van der Waals surface area contributed by atoms with Gasteiger partial charge in [-0.3, -0.25) is 0 Å². The molecule has 37 heavy (non-hydrogen) atoms. The van der Waals surface area contributed by atoms with Gasteiger partial charge >= 0.3 is 0 Å². The summed E-state index contributed by atoms with van der Waals surface area (Å²) in [5.74, 6) is 2.38. The summed E-state index contributed by atoms with van der Waals surface area (Å²) >= 11 is 4.47. The summed E-state index contributed by atoms with van der Waals surface area (Å²) in [5, 5.41) is 0.648. The fourth-order valence-corrected chi connectivity index (χ4v) is 10.3. The molecule has 0 bridgehead atoms. The van der Waals surface area contributed by atoms with Crippen LogP contribution in [0, 0.1) is 23.2 Å². The van der Waals surface area contributed by atoms with Crippen LogP contribution in [-0.4, -0.2) is 0 Å². The monoisotopic (exact) mass is 544 g/mol. The molecule has 212 valence electrons. The van der Waals surface area contributed by atoms with E-state index in [0.29, 0.717) is 22.0 Å². The van der Waals surface area contributed by atoms with Crippen molar-refractivity contribution in [1.29, 1.82) is 0 Å². The molecule has 1 aromatic heterocycles. The highest BCUT2D eigenvalue weighted by Gasteiger charge is 2.57. The maximum atomic E-state index is 2.83. The van der Waals surface area contributed by atoms with Gasteiger partial charge in [-0.05, 0) is 64.9 Å². The Balaban J connectivity index is 2.18. The Bertz CT molecular complexity index is 867. The quantitative estimate of drug-likeness (QED) is 0.199. The number of hydrogen-bond acceptors (Lipinski definition) is 2. The van der Waals surface area contributed by atoms with E-state index in [9.17, 15) is 0 Å². The molecule has 4 atom stereocenters. The predicted molar refractivity (Wildman–Crippen MR) is 171 cm³/mol. The van der Waals surface area contributed by atoms with Crippen molar-refractivity contribution in [1.82, 2.24) is 0 Å². The minimum Gasteiger partial charge on any atom is -0.143 e. The summed E-state index contributed by atoms with van der Waals surface area (Å²) in [4.78, 5) is 5.10. The molecule has 2 heteroatoms. The topological polar surface area (TPSA) is 0 Å². The molecular weight excluding hydrogens is 485 g/mol. The number of allylic oxidation sites excluding steroid dienone is 2. The molecule has 3 rings (SSSR count). The van der Waals surface area contributed by atoms with E-state index in [1.807, 2.05) is 0 Å². The smallest absolute Gasteiger partial charge is 0.0509 e. The molecule has 1 aromatic rings. The molecule has 4 unspecified atom stereocenters. The number of thiophene rings is 1. The van der Waals surface area contributed by atoms with E-state index < -0.39 is 0 Å². The van der Waals surface area contributed by atoms with Gasteiger partial charge in [-0.15, -0.1) is 23.1 Å². The Morgan fingerprint density at radius 3 is 1.81 bits per heavy atom. The van der Waals surface area contributed by atoms with Gasteiger partial charge in [0.25, 0.3) is 0 Å². The molecule has 0 N–H and O–H groups in total. The zero-order valence-electron chi connectivity index (χ0n) is 26.3. The van der Waals surface area contributed by atoms with Gasteiger partial charge in [0.2, 0.25) is 0 Å². The summed E-state index contributed by atoms with van der Waals surface area (Å²) in [6.45, 7) is 24.4. The first kappa shape index (κ1) is 31.3. The van der Waals surface area contributed by atoms with Gasteiger partial charge in [-0.25, -0.2) is 0 Å². The van der Waals surface area contributed by atoms with Crippen LogP contribution in [0.5, 0.6) is 0 Å². The van der Waals surface area contributed by atoms with Crippen LogP contribution >= 0.6 is 23.1 Å². The summed E-state index contributed by atoms with van der Waals surface area (Å²) in [6, 6.07) is 2.75. The lowest BCUT2D eigenvalue weighted by Gasteiger charge is -2.41. The SMILES string of the molecule is CCCCC(CC)CC1(CC(CC)CCCC)c2cc(C(C)(C)CC)sc2C2SC(C(C)(C)CC)=CC21. The number of unbranched alkanes of at least 4 members (excludes halogenated alkanes) is 2. The minimum atomic E-state index is 0.275. The average Bonchev–Trinajstić information content (AvgIpc) is 3.58.